The first-order valence-corrected chi connectivity index (χ1v) is 5.96. The highest BCUT2D eigenvalue weighted by Crippen LogP contribution is 2.20. The summed E-state index contributed by atoms with van der Waals surface area (Å²) >= 11 is 0. The Kier molecular flexibility index (Phi) is 7.34. The molecule has 0 heterocycles. The molecule has 0 aliphatic rings. The normalized spacial score (nSPS) is 11.9. The lowest BCUT2D eigenvalue weighted by molar-refractivity contribution is -0.127. The molecule has 96 valence electrons. The summed E-state index contributed by atoms with van der Waals surface area (Å²) in [6.45, 7) is 9.61. The first kappa shape index (κ1) is 15.4. The fourth-order valence-corrected chi connectivity index (χ4v) is 1.30. The quantitative estimate of drug-likeness (QED) is 0.660. The van der Waals surface area contributed by atoms with Gasteiger partial charge in [0.1, 0.15) is 6.61 Å². The SMILES string of the molecule is CC(C)OCC(=O)NCC(C)(C)CCCN. The monoisotopic (exact) mass is 230 g/mol. The van der Waals surface area contributed by atoms with Crippen molar-refractivity contribution in [2.45, 2.75) is 46.6 Å². The largest absolute Gasteiger partial charge is 0.369 e. The summed E-state index contributed by atoms with van der Waals surface area (Å²) in [6, 6.07) is 0. The van der Waals surface area contributed by atoms with Gasteiger partial charge in [0.15, 0.2) is 0 Å². The van der Waals surface area contributed by atoms with Gasteiger partial charge in [-0.3, -0.25) is 4.79 Å². The number of hydrogen-bond acceptors (Lipinski definition) is 3. The van der Waals surface area contributed by atoms with Gasteiger partial charge in [-0.2, -0.15) is 0 Å². The number of nitrogens with one attached hydrogen (secondary N) is 1. The molecule has 0 bridgehead atoms. The summed E-state index contributed by atoms with van der Waals surface area (Å²) in [5, 5.41) is 2.88. The molecule has 0 aromatic carbocycles. The van der Waals surface area contributed by atoms with Crippen molar-refractivity contribution in [1.29, 1.82) is 0 Å². The van der Waals surface area contributed by atoms with Crippen LogP contribution in [0.1, 0.15) is 40.5 Å². The van der Waals surface area contributed by atoms with E-state index >= 15 is 0 Å². The molecule has 4 nitrogen and oxygen atoms in total. The van der Waals surface area contributed by atoms with Crippen LogP contribution in [0.2, 0.25) is 0 Å². The van der Waals surface area contributed by atoms with Gasteiger partial charge in [0.05, 0.1) is 6.10 Å². The highest BCUT2D eigenvalue weighted by atomic mass is 16.5. The van der Waals surface area contributed by atoms with Gasteiger partial charge in [-0.25, -0.2) is 0 Å². The predicted octanol–water partition coefficient (Wildman–Crippen LogP) is 1.29. The fourth-order valence-electron chi connectivity index (χ4n) is 1.30. The second-order valence-corrected chi connectivity index (χ2v) is 5.19. The molecule has 0 unspecified atom stereocenters. The van der Waals surface area contributed by atoms with Crippen molar-refractivity contribution in [2.75, 3.05) is 19.7 Å². The smallest absolute Gasteiger partial charge is 0.246 e. The van der Waals surface area contributed by atoms with E-state index in [0.29, 0.717) is 13.1 Å². The molecule has 16 heavy (non-hydrogen) atoms. The van der Waals surface area contributed by atoms with Crippen LogP contribution in [0.15, 0.2) is 0 Å². The van der Waals surface area contributed by atoms with E-state index < -0.39 is 0 Å². The fraction of sp³-hybridized carbons (Fsp3) is 0.917. The summed E-state index contributed by atoms with van der Waals surface area (Å²) in [5.74, 6) is -0.0467. The van der Waals surface area contributed by atoms with Gasteiger partial charge in [-0.05, 0) is 38.6 Å². The first-order chi connectivity index (χ1) is 7.37. The van der Waals surface area contributed by atoms with Gasteiger partial charge in [0.25, 0.3) is 0 Å². The van der Waals surface area contributed by atoms with E-state index in [0.717, 1.165) is 12.8 Å². The molecule has 1 amide bonds. The molecule has 0 aromatic rings. The molecule has 0 aliphatic heterocycles. The summed E-state index contributed by atoms with van der Waals surface area (Å²) < 4.78 is 5.22. The third-order valence-electron chi connectivity index (χ3n) is 2.37. The zero-order valence-electron chi connectivity index (χ0n) is 11.0. The van der Waals surface area contributed by atoms with Gasteiger partial charge < -0.3 is 15.8 Å². The first-order valence-electron chi connectivity index (χ1n) is 5.96. The van der Waals surface area contributed by atoms with Crippen molar-refractivity contribution in [3.63, 3.8) is 0 Å². The zero-order chi connectivity index (χ0) is 12.6. The Hall–Kier alpha value is -0.610. The van der Waals surface area contributed by atoms with Crippen LogP contribution in [0.5, 0.6) is 0 Å². The van der Waals surface area contributed by atoms with Gasteiger partial charge in [-0.15, -0.1) is 0 Å². The predicted molar refractivity (Wildman–Crippen MR) is 66.2 cm³/mol. The molecule has 0 radical (unpaired) electrons. The lowest BCUT2D eigenvalue weighted by Crippen LogP contribution is -2.36. The second-order valence-electron chi connectivity index (χ2n) is 5.19. The topological polar surface area (TPSA) is 64.3 Å². The van der Waals surface area contributed by atoms with Crippen LogP contribution < -0.4 is 11.1 Å². The molecule has 0 saturated heterocycles. The standard InChI is InChI=1S/C12H26N2O2/c1-10(2)16-8-11(15)14-9-12(3,4)6-5-7-13/h10H,5-9,13H2,1-4H3,(H,14,15). The average molecular weight is 230 g/mol. The van der Waals surface area contributed by atoms with E-state index in [-0.39, 0.29) is 24.0 Å². The van der Waals surface area contributed by atoms with Crippen molar-refractivity contribution >= 4 is 5.91 Å². The molecule has 0 saturated carbocycles. The van der Waals surface area contributed by atoms with E-state index in [1.807, 2.05) is 13.8 Å². The average Bonchev–Trinajstić information content (AvgIpc) is 2.21. The van der Waals surface area contributed by atoms with Crippen molar-refractivity contribution in [3.8, 4) is 0 Å². The van der Waals surface area contributed by atoms with Crippen LogP contribution in [0.4, 0.5) is 0 Å². The van der Waals surface area contributed by atoms with Gasteiger partial charge in [0, 0.05) is 6.54 Å². The Balaban J connectivity index is 3.72. The maximum atomic E-state index is 11.4. The van der Waals surface area contributed by atoms with Crippen molar-refractivity contribution in [2.24, 2.45) is 11.1 Å². The van der Waals surface area contributed by atoms with E-state index in [1.54, 1.807) is 0 Å². The van der Waals surface area contributed by atoms with Crippen LogP contribution >= 0.6 is 0 Å². The molecule has 0 aliphatic carbocycles. The van der Waals surface area contributed by atoms with E-state index in [1.165, 1.54) is 0 Å². The molecule has 0 fully saturated rings. The van der Waals surface area contributed by atoms with Crippen LogP contribution in [-0.2, 0) is 9.53 Å². The van der Waals surface area contributed by atoms with Crippen molar-refractivity contribution < 1.29 is 9.53 Å². The Morgan fingerprint density at radius 2 is 2.06 bits per heavy atom. The number of carbonyl (C=O) groups excluding carboxylic acids is 1. The van der Waals surface area contributed by atoms with Crippen molar-refractivity contribution in [1.82, 2.24) is 5.32 Å². The van der Waals surface area contributed by atoms with Gasteiger partial charge in [0.2, 0.25) is 5.91 Å². The number of ether oxygens (including phenoxy) is 1. The molecule has 3 N–H and O–H groups in total. The number of nitrogens with two attached hydrogens (primary N) is 1. The molecule has 0 aromatic heterocycles. The zero-order valence-corrected chi connectivity index (χ0v) is 11.0. The molecule has 0 rings (SSSR count). The number of carbonyl (C=O) groups is 1. The molecular weight excluding hydrogens is 204 g/mol. The molecule has 0 spiro atoms. The summed E-state index contributed by atoms with van der Waals surface area (Å²) in [7, 11) is 0. The third kappa shape index (κ3) is 8.68. The number of hydrogen-bond donors (Lipinski definition) is 2. The highest BCUT2D eigenvalue weighted by Gasteiger charge is 2.18. The minimum atomic E-state index is -0.0467. The Morgan fingerprint density at radius 1 is 1.44 bits per heavy atom. The lowest BCUT2D eigenvalue weighted by atomic mass is 9.88. The van der Waals surface area contributed by atoms with E-state index in [2.05, 4.69) is 19.2 Å². The van der Waals surface area contributed by atoms with Crippen LogP contribution in [-0.4, -0.2) is 31.7 Å². The van der Waals surface area contributed by atoms with E-state index in [4.69, 9.17) is 10.5 Å². The second kappa shape index (κ2) is 7.63. The minimum Gasteiger partial charge on any atom is -0.369 e. The Morgan fingerprint density at radius 3 is 2.56 bits per heavy atom. The molecular formula is C12H26N2O2. The van der Waals surface area contributed by atoms with Gasteiger partial charge >= 0.3 is 0 Å². The number of rotatable bonds is 8. The minimum absolute atomic E-state index is 0.0467. The van der Waals surface area contributed by atoms with E-state index in [9.17, 15) is 4.79 Å². The summed E-state index contributed by atoms with van der Waals surface area (Å²) in [4.78, 5) is 11.4. The van der Waals surface area contributed by atoms with Crippen LogP contribution in [0.25, 0.3) is 0 Å². The van der Waals surface area contributed by atoms with Crippen molar-refractivity contribution in [3.05, 3.63) is 0 Å². The lowest BCUT2D eigenvalue weighted by Gasteiger charge is -2.24. The Labute approximate surface area is 98.9 Å². The van der Waals surface area contributed by atoms with Gasteiger partial charge in [-0.1, -0.05) is 13.8 Å². The van der Waals surface area contributed by atoms with Crippen LogP contribution in [0.3, 0.4) is 0 Å². The number of amides is 1. The third-order valence-corrected chi connectivity index (χ3v) is 2.37. The summed E-state index contributed by atoms with van der Waals surface area (Å²) in [6.07, 6.45) is 2.11. The Bertz CT molecular complexity index is 203. The maximum Gasteiger partial charge on any atom is 0.246 e. The maximum absolute atomic E-state index is 11.4. The summed E-state index contributed by atoms with van der Waals surface area (Å²) in [5.41, 5.74) is 5.57. The van der Waals surface area contributed by atoms with Crippen LogP contribution in [0, 0.1) is 5.41 Å². The molecule has 4 heteroatoms. The molecule has 0 atom stereocenters. The highest BCUT2D eigenvalue weighted by molar-refractivity contribution is 5.77.